The maximum atomic E-state index is 13.2. The van der Waals surface area contributed by atoms with Gasteiger partial charge in [-0.25, -0.2) is 17.1 Å². The molecule has 0 fully saturated rings. The molecule has 0 spiro atoms. The Hall–Kier alpha value is -1.45. The molecule has 0 saturated heterocycles. The van der Waals surface area contributed by atoms with Crippen molar-refractivity contribution in [2.75, 3.05) is 14.1 Å². The number of halogens is 1. The maximum Gasteiger partial charge on any atom is 0.242 e. The number of hydrogen-bond donors (Lipinski definition) is 2. The van der Waals surface area contributed by atoms with Gasteiger partial charge in [0.1, 0.15) is 5.82 Å². The molecule has 0 atom stereocenters. The Morgan fingerprint density at radius 1 is 1.00 bits per heavy atom. The number of nitrogens with zero attached hydrogens (tertiary/aromatic N) is 1. The van der Waals surface area contributed by atoms with Crippen molar-refractivity contribution in [1.82, 2.24) is 4.31 Å². The molecule has 0 aliphatic heterocycles. The SMILES string of the molecule is CN(C)S(=O)(=O)c1ccc(Sc2ccc(F)cc2CO)c(CO)c1. The Bertz CT molecular complexity index is 838. The molecule has 0 unspecified atom stereocenters. The van der Waals surface area contributed by atoms with Gasteiger partial charge in [0.15, 0.2) is 0 Å². The van der Waals surface area contributed by atoms with E-state index in [1.165, 1.54) is 56.2 Å². The van der Waals surface area contributed by atoms with E-state index in [9.17, 15) is 23.0 Å². The summed E-state index contributed by atoms with van der Waals surface area (Å²) >= 11 is 1.23. The van der Waals surface area contributed by atoms with E-state index in [-0.39, 0.29) is 18.1 Å². The molecule has 5 nitrogen and oxygen atoms in total. The minimum atomic E-state index is -3.59. The second-order valence-electron chi connectivity index (χ2n) is 5.23. The summed E-state index contributed by atoms with van der Waals surface area (Å²) in [5.41, 5.74) is 0.866. The predicted octanol–water partition coefficient (Wildman–Crippen LogP) is 2.21. The third-order valence-electron chi connectivity index (χ3n) is 3.39. The molecule has 0 heterocycles. The lowest BCUT2D eigenvalue weighted by molar-refractivity contribution is 0.278. The van der Waals surface area contributed by atoms with Crippen LogP contribution in [0.2, 0.25) is 0 Å². The average molecular weight is 371 g/mol. The van der Waals surface area contributed by atoms with Crippen molar-refractivity contribution in [3.63, 3.8) is 0 Å². The number of rotatable bonds is 6. The molecule has 0 aliphatic carbocycles. The molecule has 0 amide bonds. The smallest absolute Gasteiger partial charge is 0.242 e. The van der Waals surface area contributed by atoms with Gasteiger partial charge in [-0.05, 0) is 47.5 Å². The second-order valence-corrected chi connectivity index (χ2v) is 8.46. The minimum Gasteiger partial charge on any atom is -0.392 e. The summed E-state index contributed by atoms with van der Waals surface area (Å²) in [5, 5.41) is 18.9. The lowest BCUT2D eigenvalue weighted by atomic mass is 10.2. The van der Waals surface area contributed by atoms with Gasteiger partial charge < -0.3 is 10.2 Å². The maximum absolute atomic E-state index is 13.2. The molecule has 130 valence electrons. The Morgan fingerprint density at radius 2 is 1.54 bits per heavy atom. The third-order valence-corrected chi connectivity index (χ3v) is 6.44. The van der Waals surface area contributed by atoms with Crippen LogP contribution in [0, 0.1) is 5.82 Å². The van der Waals surface area contributed by atoms with Crippen LogP contribution in [0.5, 0.6) is 0 Å². The van der Waals surface area contributed by atoms with Crippen molar-refractivity contribution in [3.8, 4) is 0 Å². The first kappa shape index (κ1) is 18.9. The highest BCUT2D eigenvalue weighted by Gasteiger charge is 2.19. The van der Waals surface area contributed by atoms with E-state index >= 15 is 0 Å². The van der Waals surface area contributed by atoms with E-state index in [2.05, 4.69) is 0 Å². The van der Waals surface area contributed by atoms with Crippen molar-refractivity contribution in [2.45, 2.75) is 27.9 Å². The van der Waals surface area contributed by atoms with Gasteiger partial charge in [-0.2, -0.15) is 0 Å². The molecule has 2 aromatic carbocycles. The van der Waals surface area contributed by atoms with Crippen LogP contribution in [0.3, 0.4) is 0 Å². The van der Waals surface area contributed by atoms with Crippen molar-refractivity contribution >= 4 is 21.8 Å². The fourth-order valence-corrected chi connectivity index (χ4v) is 4.01. The number of sulfonamides is 1. The molecule has 0 aliphatic rings. The summed E-state index contributed by atoms with van der Waals surface area (Å²) in [6, 6.07) is 8.53. The number of benzene rings is 2. The summed E-state index contributed by atoms with van der Waals surface area (Å²) in [6.45, 7) is -0.656. The highest BCUT2D eigenvalue weighted by Crippen LogP contribution is 2.34. The van der Waals surface area contributed by atoms with E-state index in [4.69, 9.17) is 0 Å². The largest absolute Gasteiger partial charge is 0.392 e. The molecular formula is C16H18FNO4S2. The standard InChI is InChI=1S/C16H18FNO4S2/c1-18(2)24(21,22)14-4-6-16(12(8-14)10-20)23-15-5-3-13(17)7-11(15)9-19/h3-8,19-20H,9-10H2,1-2H3. The molecule has 0 saturated carbocycles. The van der Waals surface area contributed by atoms with Crippen LogP contribution >= 0.6 is 11.8 Å². The van der Waals surface area contributed by atoms with Crippen LogP contribution in [-0.2, 0) is 23.2 Å². The van der Waals surface area contributed by atoms with E-state index in [1.807, 2.05) is 0 Å². The minimum absolute atomic E-state index is 0.0855. The molecule has 2 rings (SSSR count). The van der Waals surface area contributed by atoms with Gasteiger partial charge >= 0.3 is 0 Å². The fourth-order valence-electron chi connectivity index (χ4n) is 2.04. The Labute approximate surface area is 144 Å². The normalized spacial score (nSPS) is 11.9. The van der Waals surface area contributed by atoms with Gasteiger partial charge in [0, 0.05) is 23.9 Å². The van der Waals surface area contributed by atoms with Crippen LogP contribution in [0.15, 0.2) is 51.1 Å². The summed E-state index contributed by atoms with van der Waals surface area (Å²) < 4.78 is 38.7. The molecule has 0 aromatic heterocycles. The van der Waals surface area contributed by atoms with Crippen molar-refractivity contribution in [1.29, 1.82) is 0 Å². The highest BCUT2D eigenvalue weighted by molar-refractivity contribution is 7.99. The van der Waals surface area contributed by atoms with Crippen molar-refractivity contribution < 1.29 is 23.0 Å². The van der Waals surface area contributed by atoms with Gasteiger partial charge in [-0.3, -0.25) is 0 Å². The first-order valence-electron chi connectivity index (χ1n) is 7.03. The van der Waals surface area contributed by atoms with Crippen LogP contribution in [0.25, 0.3) is 0 Å². The Balaban J connectivity index is 2.42. The topological polar surface area (TPSA) is 77.8 Å². The van der Waals surface area contributed by atoms with E-state index < -0.39 is 15.8 Å². The molecule has 2 aromatic rings. The zero-order valence-corrected chi connectivity index (χ0v) is 14.9. The Kier molecular flexibility index (Phi) is 6.00. The Morgan fingerprint density at radius 3 is 2.08 bits per heavy atom. The first-order valence-corrected chi connectivity index (χ1v) is 9.28. The molecule has 0 radical (unpaired) electrons. The van der Waals surface area contributed by atoms with Gasteiger partial charge in [0.2, 0.25) is 10.0 Å². The van der Waals surface area contributed by atoms with Crippen molar-refractivity contribution in [2.24, 2.45) is 0 Å². The monoisotopic (exact) mass is 371 g/mol. The lowest BCUT2D eigenvalue weighted by Crippen LogP contribution is -2.22. The van der Waals surface area contributed by atoms with E-state index in [1.54, 1.807) is 6.07 Å². The summed E-state index contributed by atoms with van der Waals surface area (Å²) in [6.07, 6.45) is 0. The summed E-state index contributed by atoms with van der Waals surface area (Å²) in [7, 11) is -0.728. The quantitative estimate of drug-likeness (QED) is 0.814. The van der Waals surface area contributed by atoms with Gasteiger partial charge in [-0.1, -0.05) is 11.8 Å². The van der Waals surface area contributed by atoms with Gasteiger partial charge in [0.05, 0.1) is 18.1 Å². The molecule has 8 heteroatoms. The summed E-state index contributed by atoms with van der Waals surface area (Å²) in [5.74, 6) is -0.446. The fraction of sp³-hybridized carbons (Fsp3) is 0.250. The van der Waals surface area contributed by atoms with Crippen LogP contribution in [0.1, 0.15) is 11.1 Å². The van der Waals surface area contributed by atoms with Gasteiger partial charge in [-0.15, -0.1) is 0 Å². The number of hydrogen-bond acceptors (Lipinski definition) is 5. The van der Waals surface area contributed by atoms with Gasteiger partial charge in [0.25, 0.3) is 0 Å². The highest BCUT2D eigenvalue weighted by atomic mass is 32.2. The lowest BCUT2D eigenvalue weighted by Gasteiger charge is -2.15. The van der Waals surface area contributed by atoms with Crippen molar-refractivity contribution in [3.05, 3.63) is 53.3 Å². The van der Waals surface area contributed by atoms with Crippen LogP contribution < -0.4 is 0 Å². The second kappa shape index (κ2) is 7.62. The molecule has 2 N–H and O–H groups in total. The zero-order valence-electron chi connectivity index (χ0n) is 13.2. The first-order chi connectivity index (χ1) is 11.3. The average Bonchev–Trinajstić information content (AvgIpc) is 2.56. The van der Waals surface area contributed by atoms with E-state index in [0.717, 1.165) is 4.31 Å². The molecule has 0 bridgehead atoms. The molecule has 24 heavy (non-hydrogen) atoms. The molecular weight excluding hydrogens is 353 g/mol. The van der Waals surface area contributed by atoms with Crippen LogP contribution in [-0.4, -0.2) is 37.0 Å². The zero-order chi connectivity index (χ0) is 17.9. The predicted molar refractivity (Wildman–Crippen MR) is 89.7 cm³/mol. The third kappa shape index (κ3) is 3.96. The number of aliphatic hydroxyl groups excluding tert-OH is 2. The van der Waals surface area contributed by atoms with Crippen LogP contribution in [0.4, 0.5) is 4.39 Å². The number of aliphatic hydroxyl groups is 2. The van der Waals surface area contributed by atoms with E-state index in [0.29, 0.717) is 20.9 Å². The summed E-state index contributed by atoms with van der Waals surface area (Å²) in [4.78, 5) is 1.36.